The van der Waals surface area contributed by atoms with Crippen LogP contribution < -0.4 is 0 Å². The lowest BCUT2D eigenvalue weighted by Gasteiger charge is -1.98. The number of aryl methyl sites for hydroxylation is 1. The Hall–Kier alpha value is -2.18. The molecule has 0 unspecified atom stereocenters. The quantitative estimate of drug-likeness (QED) is 0.529. The average molecular weight is 323 g/mol. The Bertz CT molecular complexity index is 859. The van der Waals surface area contributed by atoms with Gasteiger partial charge in [0.1, 0.15) is 16.1 Å². The van der Waals surface area contributed by atoms with Crippen LogP contribution in [0.2, 0.25) is 10.0 Å². The lowest BCUT2D eigenvalue weighted by atomic mass is 10.2. The summed E-state index contributed by atoms with van der Waals surface area (Å²) in [5.74, 6) is 0. The van der Waals surface area contributed by atoms with Crippen LogP contribution in [-0.4, -0.2) is 19.9 Å². The van der Waals surface area contributed by atoms with Gasteiger partial charge in [-0.2, -0.15) is 4.80 Å². The first-order valence-corrected chi connectivity index (χ1v) is 6.69. The van der Waals surface area contributed by atoms with Crippen molar-refractivity contribution in [3.05, 3.63) is 56.1 Å². The average Bonchev–Trinajstić information content (AvgIpc) is 2.87. The molecular formula is C13H8Cl2N4O2. The van der Waals surface area contributed by atoms with E-state index in [9.17, 15) is 10.1 Å². The maximum absolute atomic E-state index is 10.9. The monoisotopic (exact) mass is 322 g/mol. The van der Waals surface area contributed by atoms with Crippen LogP contribution in [0.4, 0.5) is 5.69 Å². The number of nitrogens with zero attached hydrogens (tertiary/aromatic N) is 4. The first kappa shape index (κ1) is 13.8. The molecule has 6 nitrogen and oxygen atoms in total. The number of fused-ring (bicyclic) bond motifs is 1. The molecule has 1 aromatic heterocycles. The van der Waals surface area contributed by atoms with Crippen molar-refractivity contribution >= 4 is 39.9 Å². The number of nitro groups is 1. The summed E-state index contributed by atoms with van der Waals surface area (Å²) in [4.78, 5) is 11.7. The predicted molar refractivity (Wildman–Crippen MR) is 80.3 cm³/mol. The number of aromatic nitrogens is 3. The van der Waals surface area contributed by atoms with Crippen LogP contribution in [0.15, 0.2) is 30.3 Å². The van der Waals surface area contributed by atoms with Gasteiger partial charge in [-0.25, -0.2) is 0 Å². The topological polar surface area (TPSA) is 73.8 Å². The second kappa shape index (κ2) is 4.98. The lowest BCUT2D eigenvalue weighted by Crippen LogP contribution is -1.97. The SMILES string of the molecule is Cc1ccc(-n2nc3cc([N+](=O)[O-])c(Cl)c(Cl)c3n2)cc1. The van der Waals surface area contributed by atoms with Gasteiger partial charge in [0.25, 0.3) is 5.69 Å². The van der Waals surface area contributed by atoms with Crippen molar-refractivity contribution in [2.24, 2.45) is 0 Å². The number of nitro benzene ring substituents is 1. The van der Waals surface area contributed by atoms with Gasteiger partial charge in [-0.3, -0.25) is 10.1 Å². The minimum Gasteiger partial charge on any atom is -0.258 e. The van der Waals surface area contributed by atoms with E-state index in [-0.39, 0.29) is 15.7 Å². The molecule has 0 fully saturated rings. The van der Waals surface area contributed by atoms with Gasteiger partial charge in [0, 0.05) is 6.07 Å². The van der Waals surface area contributed by atoms with Crippen LogP contribution in [0.1, 0.15) is 5.56 Å². The Labute approximate surface area is 129 Å². The summed E-state index contributed by atoms with van der Waals surface area (Å²) in [6.45, 7) is 1.97. The van der Waals surface area contributed by atoms with Crippen molar-refractivity contribution in [2.75, 3.05) is 0 Å². The zero-order chi connectivity index (χ0) is 15.1. The standard InChI is InChI=1S/C13H8Cl2N4O2/c1-7-2-4-8(5-3-7)18-16-9-6-10(19(20)21)11(14)12(15)13(9)17-18/h2-6H,1H3. The molecular weight excluding hydrogens is 315 g/mol. The molecule has 0 N–H and O–H groups in total. The highest BCUT2D eigenvalue weighted by molar-refractivity contribution is 6.46. The highest BCUT2D eigenvalue weighted by atomic mass is 35.5. The van der Waals surface area contributed by atoms with Gasteiger partial charge in [0.15, 0.2) is 0 Å². The molecule has 21 heavy (non-hydrogen) atoms. The van der Waals surface area contributed by atoms with Crippen LogP contribution >= 0.6 is 23.2 Å². The van der Waals surface area contributed by atoms with Gasteiger partial charge in [0.05, 0.1) is 15.6 Å². The minimum atomic E-state index is -0.599. The van der Waals surface area contributed by atoms with Gasteiger partial charge in [-0.1, -0.05) is 40.9 Å². The second-order valence-corrected chi connectivity index (χ2v) is 5.23. The number of rotatable bonds is 2. The molecule has 2 aromatic carbocycles. The molecule has 0 spiro atoms. The fourth-order valence-electron chi connectivity index (χ4n) is 1.91. The molecule has 0 saturated heterocycles. The Morgan fingerprint density at radius 1 is 1.14 bits per heavy atom. The number of halogens is 2. The summed E-state index contributed by atoms with van der Waals surface area (Å²) in [5, 5.41) is 19.3. The maximum Gasteiger partial charge on any atom is 0.291 e. The summed E-state index contributed by atoms with van der Waals surface area (Å²) in [6.07, 6.45) is 0. The van der Waals surface area contributed by atoms with Crippen LogP contribution in [-0.2, 0) is 0 Å². The summed E-state index contributed by atoms with van der Waals surface area (Å²) in [7, 11) is 0. The van der Waals surface area contributed by atoms with Gasteiger partial charge in [-0.05, 0) is 19.1 Å². The third-order valence-electron chi connectivity index (χ3n) is 3.00. The molecule has 0 radical (unpaired) electrons. The Kier molecular flexibility index (Phi) is 3.27. The van der Waals surface area contributed by atoms with E-state index in [1.54, 1.807) is 0 Å². The second-order valence-electron chi connectivity index (χ2n) is 4.47. The third kappa shape index (κ3) is 2.32. The zero-order valence-electron chi connectivity index (χ0n) is 10.7. The Morgan fingerprint density at radius 3 is 2.43 bits per heavy atom. The number of hydrogen-bond acceptors (Lipinski definition) is 4. The summed E-state index contributed by atoms with van der Waals surface area (Å²) < 4.78 is 0. The molecule has 0 amide bonds. The lowest BCUT2D eigenvalue weighted by molar-refractivity contribution is -0.384. The predicted octanol–water partition coefficient (Wildman–Crippen LogP) is 3.94. The number of benzene rings is 2. The van der Waals surface area contributed by atoms with Gasteiger partial charge >= 0.3 is 0 Å². The fraction of sp³-hybridized carbons (Fsp3) is 0.0769. The Balaban J connectivity index is 2.22. The minimum absolute atomic E-state index is 0.0271. The van der Waals surface area contributed by atoms with E-state index in [1.807, 2.05) is 31.2 Å². The molecule has 3 rings (SSSR count). The van der Waals surface area contributed by atoms with Crippen LogP contribution in [0.3, 0.4) is 0 Å². The van der Waals surface area contributed by atoms with Crippen molar-refractivity contribution in [2.45, 2.75) is 6.92 Å². The molecule has 1 heterocycles. The van der Waals surface area contributed by atoms with Crippen LogP contribution in [0, 0.1) is 17.0 Å². The highest BCUT2D eigenvalue weighted by Gasteiger charge is 2.22. The van der Waals surface area contributed by atoms with E-state index in [0.29, 0.717) is 11.0 Å². The summed E-state index contributed by atoms with van der Waals surface area (Å²) >= 11 is 11.9. The van der Waals surface area contributed by atoms with Gasteiger partial charge < -0.3 is 0 Å². The normalized spacial score (nSPS) is 11.0. The van der Waals surface area contributed by atoms with Crippen molar-refractivity contribution in [3.8, 4) is 5.69 Å². The van der Waals surface area contributed by atoms with Crippen molar-refractivity contribution in [1.29, 1.82) is 0 Å². The molecule has 8 heteroatoms. The molecule has 3 aromatic rings. The van der Waals surface area contributed by atoms with E-state index in [4.69, 9.17) is 23.2 Å². The van der Waals surface area contributed by atoms with Crippen LogP contribution in [0.25, 0.3) is 16.7 Å². The van der Waals surface area contributed by atoms with E-state index in [1.165, 1.54) is 10.9 Å². The smallest absolute Gasteiger partial charge is 0.258 e. The maximum atomic E-state index is 10.9. The fourth-order valence-corrected chi connectivity index (χ4v) is 2.35. The third-order valence-corrected chi connectivity index (χ3v) is 3.85. The van der Waals surface area contributed by atoms with E-state index < -0.39 is 4.92 Å². The molecule has 106 valence electrons. The molecule has 0 aliphatic heterocycles. The summed E-state index contributed by atoms with van der Waals surface area (Å²) in [6, 6.07) is 8.79. The first-order chi connectivity index (χ1) is 9.97. The van der Waals surface area contributed by atoms with Crippen molar-refractivity contribution < 1.29 is 4.92 Å². The first-order valence-electron chi connectivity index (χ1n) is 5.94. The molecule has 0 atom stereocenters. The van der Waals surface area contributed by atoms with Gasteiger partial charge in [-0.15, -0.1) is 10.2 Å². The molecule has 0 aliphatic rings. The number of hydrogen-bond donors (Lipinski definition) is 0. The van der Waals surface area contributed by atoms with Crippen molar-refractivity contribution in [1.82, 2.24) is 15.0 Å². The summed E-state index contributed by atoms with van der Waals surface area (Å²) in [5.41, 5.74) is 2.19. The van der Waals surface area contributed by atoms with Crippen LogP contribution in [0.5, 0.6) is 0 Å². The highest BCUT2D eigenvalue weighted by Crippen LogP contribution is 2.36. The van der Waals surface area contributed by atoms with Gasteiger partial charge in [0.2, 0.25) is 0 Å². The van der Waals surface area contributed by atoms with Crippen molar-refractivity contribution in [3.63, 3.8) is 0 Å². The molecule has 0 aliphatic carbocycles. The van der Waals surface area contributed by atoms with E-state index >= 15 is 0 Å². The molecule has 0 saturated carbocycles. The zero-order valence-corrected chi connectivity index (χ0v) is 12.3. The molecule has 0 bridgehead atoms. The van der Waals surface area contributed by atoms with E-state index in [2.05, 4.69) is 10.2 Å². The largest absolute Gasteiger partial charge is 0.291 e. The Morgan fingerprint density at radius 2 is 1.81 bits per heavy atom. The van der Waals surface area contributed by atoms with E-state index in [0.717, 1.165) is 11.3 Å².